The van der Waals surface area contributed by atoms with Crippen molar-refractivity contribution in [1.29, 1.82) is 0 Å². The molecule has 4 heteroatoms. The molecular weight excluding hydrogens is 268 g/mol. The van der Waals surface area contributed by atoms with E-state index >= 15 is 0 Å². The molecule has 0 aliphatic heterocycles. The smallest absolute Gasteiger partial charge is 0.339 e. The molecule has 0 fully saturated rings. The summed E-state index contributed by atoms with van der Waals surface area (Å²) >= 11 is 0. The van der Waals surface area contributed by atoms with Gasteiger partial charge in [0.05, 0.1) is 13.7 Å². The van der Waals surface area contributed by atoms with E-state index in [0.29, 0.717) is 12.4 Å². The Bertz CT molecular complexity index is 634. The molecule has 21 heavy (non-hydrogen) atoms. The summed E-state index contributed by atoms with van der Waals surface area (Å²) in [7, 11) is 1.60. The van der Waals surface area contributed by atoms with Gasteiger partial charge >= 0.3 is 5.97 Å². The van der Waals surface area contributed by atoms with Crippen LogP contribution in [0.3, 0.4) is 0 Å². The predicted molar refractivity (Wildman–Crippen MR) is 81.2 cm³/mol. The van der Waals surface area contributed by atoms with Crippen LogP contribution in [0.5, 0.6) is 11.5 Å². The standard InChI is InChI=1S/C17H18O4/c1-3-9-21-16-8-7-13(11-15(16)17(18)19)12-5-4-6-14(10-12)20-2/h4-8,10-11H,3,9H2,1-2H3,(H,18,19). The summed E-state index contributed by atoms with van der Waals surface area (Å²) in [5.41, 5.74) is 1.89. The van der Waals surface area contributed by atoms with Crippen molar-refractivity contribution in [2.24, 2.45) is 0 Å². The molecule has 0 atom stereocenters. The van der Waals surface area contributed by atoms with Crippen molar-refractivity contribution in [3.05, 3.63) is 48.0 Å². The van der Waals surface area contributed by atoms with E-state index < -0.39 is 5.97 Å². The number of carboxylic acids is 1. The second kappa shape index (κ2) is 6.79. The van der Waals surface area contributed by atoms with Crippen molar-refractivity contribution in [2.75, 3.05) is 13.7 Å². The summed E-state index contributed by atoms with van der Waals surface area (Å²) < 4.78 is 10.7. The van der Waals surface area contributed by atoms with E-state index in [-0.39, 0.29) is 5.56 Å². The molecule has 0 aliphatic rings. The maximum absolute atomic E-state index is 11.4. The summed E-state index contributed by atoms with van der Waals surface area (Å²) in [5.74, 6) is 0.137. The molecule has 110 valence electrons. The number of carbonyl (C=O) groups is 1. The van der Waals surface area contributed by atoms with Crippen molar-refractivity contribution in [1.82, 2.24) is 0 Å². The van der Waals surface area contributed by atoms with Gasteiger partial charge in [-0.25, -0.2) is 4.79 Å². The van der Waals surface area contributed by atoms with Crippen molar-refractivity contribution in [3.8, 4) is 22.6 Å². The highest BCUT2D eigenvalue weighted by atomic mass is 16.5. The zero-order chi connectivity index (χ0) is 15.2. The quantitative estimate of drug-likeness (QED) is 0.876. The average Bonchev–Trinajstić information content (AvgIpc) is 2.52. The van der Waals surface area contributed by atoms with Gasteiger partial charge in [0, 0.05) is 0 Å². The highest BCUT2D eigenvalue weighted by molar-refractivity contribution is 5.92. The Labute approximate surface area is 123 Å². The SMILES string of the molecule is CCCOc1ccc(-c2cccc(OC)c2)cc1C(=O)O. The van der Waals surface area contributed by atoms with Gasteiger partial charge in [-0.15, -0.1) is 0 Å². The van der Waals surface area contributed by atoms with E-state index in [1.807, 2.05) is 37.3 Å². The maximum atomic E-state index is 11.4. The Morgan fingerprint density at radius 3 is 2.57 bits per heavy atom. The Morgan fingerprint density at radius 1 is 1.14 bits per heavy atom. The molecule has 0 heterocycles. The monoisotopic (exact) mass is 286 g/mol. The second-order valence-corrected chi connectivity index (χ2v) is 4.60. The molecule has 0 bridgehead atoms. The summed E-state index contributed by atoms with van der Waals surface area (Å²) in [4.78, 5) is 11.4. The van der Waals surface area contributed by atoms with Crippen molar-refractivity contribution < 1.29 is 19.4 Å². The lowest BCUT2D eigenvalue weighted by molar-refractivity contribution is 0.0692. The van der Waals surface area contributed by atoms with Gasteiger partial charge in [0.25, 0.3) is 0 Å². The van der Waals surface area contributed by atoms with E-state index in [1.54, 1.807) is 19.2 Å². The number of rotatable bonds is 6. The Hall–Kier alpha value is -2.49. The molecule has 0 saturated heterocycles. The molecule has 0 unspecified atom stereocenters. The van der Waals surface area contributed by atoms with Gasteiger partial charge in [-0.3, -0.25) is 0 Å². The summed E-state index contributed by atoms with van der Waals surface area (Å²) in [6.45, 7) is 2.48. The largest absolute Gasteiger partial charge is 0.497 e. The molecule has 2 aromatic rings. The first-order chi connectivity index (χ1) is 10.2. The van der Waals surface area contributed by atoms with Gasteiger partial charge in [0.15, 0.2) is 0 Å². The van der Waals surface area contributed by atoms with Gasteiger partial charge in [-0.2, -0.15) is 0 Å². The number of carboxylic acid groups (broad SMARTS) is 1. The molecule has 0 saturated carbocycles. The Morgan fingerprint density at radius 2 is 1.90 bits per heavy atom. The molecular formula is C17H18O4. The molecule has 1 N–H and O–H groups in total. The topological polar surface area (TPSA) is 55.8 Å². The van der Waals surface area contributed by atoms with E-state index in [2.05, 4.69) is 0 Å². The number of aromatic carboxylic acids is 1. The third-order valence-electron chi connectivity index (χ3n) is 3.07. The fraction of sp³-hybridized carbons (Fsp3) is 0.235. The van der Waals surface area contributed by atoms with Crippen LogP contribution in [0.4, 0.5) is 0 Å². The molecule has 0 amide bonds. The second-order valence-electron chi connectivity index (χ2n) is 4.60. The van der Waals surface area contributed by atoms with E-state index in [4.69, 9.17) is 9.47 Å². The Balaban J connectivity index is 2.41. The lowest BCUT2D eigenvalue weighted by atomic mass is 10.0. The number of methoxy groups -OCH3 is 1. The summed E-state index contributed by atoms with van der Waals surface area (Å²) in [5, 5.41) is 9.33. The third-order valence-corrected chi connectivity index (χ3v) is 3.07. The van der Waals surface area contributed by atoms with Crippen LogP contribution in [-0.2, 0) is 0 Å². The molecule has 0 radical (unpaired) electrons. The van der Waals surface area contributed by atoms with Crippen molar-refractivity contribution >= 4 is 5.97 Å². The van der Waals surface area contributed by atoms with Gasteiger partial charge in [-0.1, -0.05) is 25.1 Å². The first-order valence-corrected chi connectivity index (χ1v) is 6.80. The highest BCUT2D eigenvalue weighted by Crippen LogP contribution is 2.29. The van der Waals surface area contributed by atoms with Gasteiger partial charge in [0.1, 0.15) is 17.1 Å². The van der Waals surface area contributed by atoms with Gasteiger partial charge in [0.2, 0.25) is 0 Å². The minimum Gasteiger partial charge on any atom is -0.497 e. The van der Waals surface area contributed by atoms with Crippen LogP contribution in [0.1, 0.15) is 23.7 Å². The minimum atomic E-state index is -0.995. The molecule has 0 aliphatic carbocycles. The van der Waals surface area contributed by atoms with Crippen LogP contribution in [0, 0.1) is 0 Å². The van der Waals surface area contributed by atoms with Crippen LogP contribution in [0.15, 0.2) is 42.5 Å². The third kappa shape index (κ3) is 3.54. The van der Waals surface area contributed by atoms with Crippen LogP contribution >= 0.6 is 0 Å². The zero-order valence-electron chi connectivity index (χ0n) is 12.1. The number of benzene rings is 2. The maximum Gasteiger partial charge on any atom is 0.339 e. The lowest BCUT2D eigenvalue weighted by Crippen LogP contribution is -2.04. The fourth-order valence-corrected chi connectivity index (χ4v) is 2.02. The van der Waals surface area contributed by atoms with Crippen LogP contribution < -0.4 is 9.47 Å². The highest BCUT2D eigenvalue weighted by Gasteiger charge is 2.13. The normalized spacial score (nSPS) is 10.2. The average molecular weight is 286 g/mol. The lowest BCUT2D eigenvalue weighted by Gasteiger charge is -2.11. The van der Waals surface area contributed by atoms with Gasteiger partial charge < -0.3 is 14.6 Å². The predicted octanol–water partition coefficient (Wildman–Crippen LogP) is 3.85. The summed E-state index contributed by atoms with van der Waals surface area (Å²) in [6.07, 6.45) is 0.830. The molecule has 4 nitrogen and oxygen atoms in total. The fourth-order valence-electron chi connectivity index (χ4n) is 2.02. The van der Waals surface area contributed by atoms with Crippen LogP contribution in [-0.4, -0.2) is 24.8 Å². The molecule has 2 aromatic carbocycles. The van der Waals surface area contributed by atoms with E-state index in [0.717, 1.165) is 23.3 Å². The van der Waals surface area contributed by atoms with Crippen LogP contribution in [0.25, 0.3) is 11.1 Å². The first kappa shape index (κ1) is 14.9. The number of hydrogen-bond acceptors (Lipinski definition) is 3. The van der Waals surface area contributed by atoms with Crippen molar-refractivity contribution in [3.63, 3.8) is 0 Å². The zero-order valence-corrected chi connectivity index (χ0v) is 12.1. The van der Waals surface area contributed by atoms with Crippen molar-refractivity contribution in [2.45, 2.75) is 13.3 Å². The summed E-state index contributed by atoms with van der Waals surface area (Å²) in [6, 6.07) is 12.7. The molecule has 2 rings (SSSR count). The van der Waals surface area contributed by atoms with E-state index in [9.17, 15) is 9.90 Å². The Kier molecular flexibility index (Phi) is 4.82. The minimum absolute atomic E-state index is 0.170. The first-order valence-electron chi connectivity index (χ1n) is 6.80. The molecule has 0 aromatic heterocycles. The number of ether oxygens (including phenoxy) is 2. The molecule has 0 spiro atoms. The van der Waals surface area contributed by atoms with Crippen LogP contribution in [0.2, 0.25) is 0 Å². The number of hydrogen-bond donors (Lipinski definition) is 1. The van der Waals surface area contributed by atoms with Gasteiger partial charge in [-0.05, 0) is 41.8 Å². The van der Waals surface area contributed by atoms with E-state index in [1.165, 1.54) is 0 Å².